The van der Waals surface area contributed by atoms with Gasteiger partial charge in [-0.3, -0.25) is 4.79 Å². The molecule has 0 aliphatic heterocycles. The molecule has 1 aliphatic carbocycles. The van der Waals surface area contributed by atoms with E-state index in [4.69, 9.17) is 15.6 Å². The Hall–Kier alpha value is -1.55. The van der Waals surface area contributed by atoms with Crippen molar-refractivity contribution in [3.05, 3.63) is 29.3 Å². The van der Waals surface area contributed by atoms with E-state index < -0.39 is 12.0 Å². The van der Waals surface area contributed by atoms with Crippen LogP contribution in [0.2, 0.25) is 0 Å². The normalized spacial score (nSPS) is 17.7. The second-order valence-electron chi connectivity index (χ2n) is 5.56. The molecule has 1 fully saturated rings. The summed E-state index contributed by atoms with van der Waals surface area (Å²) in [6.45, 7) is 0. The summed E-state index contributed by atoms with van der Waals surface area (Å²) in [6, 6.07) is 5.09. The average Bonchev–Trinajstić information content (AvgIpc) is 2.48. The molecule has 1 aliphatic rings. The topological polar surface area (TPSA) is 72.5 Å². The van der Waals surface area contributed by atoms with Crippen LogP contribution in [0.25, 0.3) is 0 Å². The number of ether oxygens (including phenoxy) is 1. The minimum absolute atomic E-state index is 0.360. The maximum absolute atomic E-state index is 10.9. The van der Waals surface area contributed by atoms with E-state index in [1.807, 2.05) is 12.1 Å². The van der Waals surface area contributed by atoms with Crippen molar-refractivity contribution in [3.8, 4) is 5.75 Å². The Morgan fingerprint density at radius 1 is 1.40 bits per heavy atom. The smallest absolute Gasteiger partial charge is 0.320 e. The monoisotopic (exact) mass is 277 g/mol. The quantitative estimate of drug-likeness (QED) is 0.868. The van der Waals surface area contributed by atoms with E-state index in [2.05, 4.69) is 6.07 Å². The highest BCUT2D eigenvalue weighted by atomic mass is 16.5. The number of rotatable bonds is 5. The number of carboxylic acid groups (broad SMARTS) is 1. The Bertz CT molecular complexity index is 467. The third-order valence-corrected chi connectivity index (χ3v) is 4.11. The zero-order chi connectivity index (χ0) is 14.5. The Labute approximate surface area is 119 Å². The van der Waals surface area contributed by atoms with Crippen molar-refractivity contribution in [2.24, 2.45) is 5.73 Å². The van der Waals surface area contributed by atoms with Crippen LogP contribution in [0.5, 0.6) is 5.75 Å². The van der Waals surface area contributed by atoms with E-state index >= 15 is 0 Å². The van der Waals surface area contributed by atoms with Gasteiger partial charge in [0.25, 0.3) is 0 Å². The summed E-state index contributed by atoms with van der Waals surface area (Å²) in [5.41, 5.74) is 7.80. The number of carboxylic acids is 1. The highest BCUT2D eigenvalue weighted by molar-refractivity contribution is 5.73. The SMILES string of the molecule is COc1ccc(CC(N)C(=O)O)cc1C1CCCCC1. The van der Waals surface area contributed by atoms with Crippen molar-refractivity contribution in [2.75, 3.05) is 7.11 Å². The zero-order valence-corrected chi connectivity index (χ0v) is 12.0. The Kier molecular flexibility index (Phi) is 5.01. The number of aliphatic carboxylic acids is 1. The number of nitrogens with two attached hydrogens (primary N) is 1. The molecular formula is C16H23NO3. The van der Waals surface area contributed by atoms with Crippen LogP contribution >= 0.6 is 0 Å². The van der Waals surface area contributed by atoms with E-state index in [1.54, 1.807) is 7.11 Å². The molecule has 20 heavy (non-hydrogen) atoms. The Balaban J connectivity index is 2.21. The average molecular weight is 277 g/mol. The number of methoxy groups -OCH3 is 1. The number of benzene rings is 1. The van der Waals surface area contributed by atoms with Crippen LogP contribution in [0.4, 0.5) is 0 Å². The lowest BCUT2D eigenvalue weighted by Gasteiger charge is -2.24. The minimum Gasteiger partial charge on any atom is -0.496 e. The van der Waals surface area contributed by atoms with Crippen molar-refractivity contribution in [1.29, 1.82) is 0 Å². The van der Waals surface area contributed by atoms with E-state index in [0.717, 1.165) is 11.3 Å². The van der Waals surface area contributed by atoms with Gasteiger partial charge in [-0.1, -0.05) is 31.4 Å². The highest BCUT2D eigenvalue weighted by Crippen LogP contribution is 2.37. The van der Waals surface area contributed by atoms with Gasteiger partial charge in [0.05, 0.1) is 7.11 Å². The van der Waals surface area contributed by atoms with Crippen LogP contribution in [0.1, 0.15) is 49.1 Å². The third kappa shape index (κ3) is 3.51. The minimum atomic E-state index is -0.958. The van der Waals surface area contributed by atoms with Crippen molar-refractivity contribution in [1.82, 2.24) is 0 Å². The molecule has 0 aromatic heterocycles. The standard InChI is InChI=1S/C16H23NO3/c1-20-15-8-7-11(10-14(17)16(18)19)9-13(15)12-5-3-2-4-6-12/h7-9,12,14H,2-6,10,17H2,1H3,(H,18,19). The first-order valence-electron chi connectivity index (χ1n) is 7.27. The molecule has 0 heterocycles. The first-order chi connectivity index (χ1) is 9.61. The molecule has 3 N–H and O–H groups in total. The Morgan fingerprint density at radius 2 is 2.10 bits per heavy atom. The lowest BCUT2D eigenvalue weighted by molar-refractivity contribution is -0.138. The van der Waals surface area contributed by atoms with E-state index in [1.165, 1.54) is 37.7 Å². The first kappa shape index (κ1) is 14.9. The highest BCUT2D eigenvalue weighted by Gasteiger charge is 2.20. The summed E-state index contributed by atoms with van der Waals surface area (Å²) in [6.07, 6.45) is 6.55. The summed E-state index contributed by atoms with van der Waals surface area (Å²) in [4.78, 5) is 10.9. The number of hydrogen-bond donors (Lipinski definition) is 2. The number of hydrogen-bond acceptors (Lipinski definition) is 3. The van der Waals surface area contributed by atoms with Gasteiger partial charge >= 0.3 is 5.97 Å². The lowest BCUT2D eigenvalue weighted by atomic mass is 9.83. The van der Waals surface area contributed by atoms with Gasteiger partial charge in [-0.2, -0.15) is 0 Å². The fourth-order valence-electron chi connectivity index (χ4n) is 2.98. The van der Waals surface area contributed by atoms with Gasteiger partial charge in [0.1, 0.15) is 11.8 Å². The summed E-state index contributed by atoms with van der Waals surface area (Å²) in [5.74, 6) is 0.476. The van der Waals surface area contributed by atoms with Gasteiger partial charge < -0.3 is 15.6 Å². The van der Waals surface area contributed by atoms with Crippen molar-refractivity contribution < 1.29 is 14.6 Å². The van der Waals surface area contributed by atoms with E-state index in [-0.39, 0.29) is 0 Å². The summed E-state index contributed by atoms with van der Waals surface area (Å²) in [5, 5.41) is 8.91. The summed E-state index contributed by atoms with van der Waals surface area (Å²) >= 11 is 0. The maximum atomic E-state index is 10.9. The second-order valence-corrected chi connectivity index (χ2v) is 5.56. The van der Waals surface area contributed by atoms with Crippen LogP contribution in [0.3, 0.4) is 0 Å². The molecule has 4 heteroatoms. The van der Waals surface area contributed by atoms with Crippen LogP contribution in [0, 0.1) is 0 Å². The van der Waals surface area contributed by atoms with Gasteiger partial charge in [-0.05, 0) is 42.4 Å². The van der Waals surface area contributed by atoms with E-state index in [0.29, 0.717) is 12.3 Å². The van der Waals surface area contributed by atoms with Crippen LogP contribution in [-0.2, 0) is 11.2 Å². The zero-order valence-electron chi connectivity index (χ0n) is 12.0. The molecule has 1 aromatic carbocycles. The number of carbonyl (C=O) groups is 1. The third-order valence-electron chi connectivity index (χ3n) is 4.11. The van der Waals surface area contributed by atoms with Crippen LogP contribution in [0.15, 0.2) is 18.2 Å². The Morgan fingerprint density at radius 3 is 2.70 bits per heavy atom. The van der Waals surface area contributed by atoms with Crippen LogP contribution in [-0.4, -0.2) is 24.2 Å². The predicted octanol–water partition coefficient (Wildman–Crippen LogP) is 2.70. The predicted molar refractivity (Wildman–Crippen MR) is 78.1 cm³/mol. The first-order valence-corrected chi connectivity index (χ1v) is 7.27. The summed E-state index contributed by atoms with van der Waals surface area (Å²) < 4.78 is 5.46. The fourth-order valence-corrected chi connectivity index (χ4v) is 2.98. The molecule has 1 atom stereocenters. The van der Waals surface area contributed by atoms with Gasteiger partial charge in [0.15, 0.2) is 0 Å². The van der Waals surface area contributed by atoms with Gasteiger partial charge in [-0.15, -0.1) is 0 Å². The summed E-state index contributed by atoms with van der Waals surface area (Å²) in [7, 11) is 1.68. The molecule has 2 rings (SSSR count). The van der Waals surface area contributed by atoms with Crippen molar-refractivity contribution in [2.45, 2.75) is 50.5 Å². The second kappa shape index (κ2) is 6.75. The fraction of sp³-hybridized carbons (Fsp3) is 0.562. The molecule has 4 nitrogen and oxygen atoms in total. The molecule has 1 saturated carbocycles. The van der Waals surface area contributed by atoms with Gasteiger partial charge in [0.2, 0.25) is 0 Å². The van der Waals surface area contributed by atoms with Gasteiger partial charge in [0, 0.05) is 0 Å². The van der Waals surface area contributed by atoms with Crippen LogP contribution < -0.4 is 10.5 Å². The molecular weight excluding hydrogens is 254 g/mol. The maximum Gasteiger partial charge on any atom is 0.320 e. The van der Waals surface area contributed by atoms with Crippen molar-refractivity contribution >= 4 is 5.97 Å². The molecule has 1 unspecified atom stereocenters. The largest absolute Gasteiger partial charge is 0.496 e. The van der Waals surface area contributed by atoms with E-state index in [9.17, 15) is 4.79 Å². The molecule has 0 saturated heterocycles. The van der Waals surface area contributed by atoms with Crippen molar-refractivity contribution in [3.63, 3.8) is 0 Å². The molecule has 0 amide bonds. The molecule has 0 radical (unpaired) electrons. The van der Waals surface area contributed by atoms with Gasteiger partial charge in [-0.25, -0.2) is 0 Å². The molecule has 1 aromatic rings. The molecule has 110 valence electrons. The lowest BCUT2D eigenvalue weighted by Crippen LogP contribution is -2.32. The molecule has 0 bridgehead atoms. The molecule has 0 spiro atoms.